The zero-order chi connectivity index (χ0) is 15.0. The minimum atomic E-state index is -0.00728. The molecule has 4 nitrogen and oxygen atoms in total. The summed E-state index contributed by atoms with van der Waals surface area (Å²) in [6, 6.07) is 5.52. The Labute approximate surface area is 129 Å². The molecule has 2 amide bonds. The van der Waals surface area contributed by atoms with Crippen LogP contribution in [0.25, 0.3) is 0 Å². The highest BCUT2D eigenvalue weighted by Crippen LogP contribution is 2.38. The lowest BCUT2D eigenvalue weighted by Crippen LogP contribution is -2.44. The predicted octanol–water partition coefficient (Wildman–Crippen LogP) is 2.39. The monoisotopic (exact) mass is 306 g/mol. The molecule has 0 saturated carbocycles. The Morgan fingerprint density at radius 2 is 2.05 bits per heavy atom. The summed E-state index contributed by atoms with van der Waals surface area (Å²) < 4.78 is 0. The normalized spacial score (nSPS) is 20.7. The van der Waals surface area contributed by atoms with Gasteiger partial charge in [-0.15, -0.1) is 0 Å². The van der Waals surface area contributed by atoms with Crippen LogP contribution >= 0.6 is 11.6 Å². The number of carbonyl (C=O) groups is 2. The lowest BCUT2D eigenvalue weighted by molar-refractivity contribution is -0.119. The minimum absolute atomic E-state index is 0.00728. The molecule has 0 radical (unpaired) electrons. The molecular weight excluding hydrogens is 288 g/mol. The molecule has 2 fully saturated rings. The number of hydrogen-bond acceptors (Lipinski definition) is 2. The number of likely N-dealkylation sites (tertiary alicyclic amines) is 1. The van der Waals surface area contributed by atoms with Gasteiger partial charge < -0.3 is 10.2 Å². The molecule has 112 valence electrons. The summed E-state index contributed by atoms with van der Waals surface area (Å²) in [5.74, 6) is 0.128. The van der Waals surface area contributed by atoms with Crippen LogP contribution in [0.3, 0.4) is 0 Å². The van der Waals surface area contributed by atoms with Crippen molar-refractivity contribution in [2.75, 3.05) is 19.6 Å². The van der Waals surface area contributed by atoms with Crippen molar-refractivity contribution in [2.45, 2.75) is 26.2 Å². The van der Waals surface area contributed by atoms with E-state index in [-0.39, 0.29) is 17.2 Å². The lowest BCUT2D eigenvalue weighted by Gasteiger charge is -2.38. The van der Waals surface area contributed by atoms with Crippen LogP contribution in [0.1, 0.15) is 35.2 Å². The Morgan fingerprint density at radius 1 is 1.33 bits per heavy atom. The number of nitrogens with one attached hydrogen (secondary N) is 1. The molecule has 0 aromatic heterocycles. The molecule has 0 aliphatic carbocycles. The first-order chi connectivity index (χ1) is 9.99. The van der Waals surface area contributed by atoms with Crippen LogP contribution in [-0.4, -0.2) is 36.3 Å². The van der Waals surface area contributed by atoms with Crippen molar-refractivity contribution in [1.82, 2.24) is 10.2 Å². The van der Waals surface area contributed by atoms with Gasteiger partial charge in [-0.3, -0.25) is 9.59 Å². The molecule has 1 spiro atoms. The van der Waals surface area contributed by atoms with Gasteiger partial charge in [0.25, 0.3) is 5.91 Å². The number of carbonyl (C=O) groups excluding carboxylic acids is 2. The van der Waals surface area contributed by atoms with Crippen LogP contribution in [0.5, 0.6) is 0 Å². The summed E-state index contributed by atoms with van der Waals surface area (Å²) in [6.45, 7) is 4.09. The second-order valence-corrected chi connectivity index (χ2v) is 6.64. The van der Waals surface area contributed by atoms with Crippen LogP contribution in [-0.2, 0) is 4.79 Å². The minimum Gasteiger partial charge on any atom is -0.356 e. The largest absolute Gasteiger partial charge is 0.356 e. The number of aryl methyl sites for hydroxylation is 1. The van der Waals surface area contributed by atoms with E-state index in [0.717, 1.165) is 24.9 Å². The SMILES string of the molecule is Cc1ccc(C(=O)N2CCC3(CC2)CNC(=O)C3)c(Cl)c1. The van der Waals surface area contributed by atoms with Crippen LogP contribution in [0.2, 0.25) is 5.02 Å². The molecule has 1 aromatic carbocycles. The van der Waals surface area contributed by atoms with Gasteiger partial charge in [-0.2, -0.15) is 0 Å². The highest BCUT2D eigenvalue weighted by molar-refractivity contribution is 6.33. The van der Waals surface area contributed by atoms with E-state index >= 15 is 0 Å². The standard InChI is InChI=1S/C16H19ClN2O2/c1-11-2-3-12(13(17)8-11)15(21)19-6-4-16(5-7-19)9-14(20)18-10-16/h2-3,8H,4-7,9-10H2,1H3,(H,18,20). The fourth-order valence-corrected chi connectivity index (χ4v) is 3.57. The van der Waals surface area contributed by atoms with Gasteiger partial charge in [0.15, 0.2) is 0 Å². The molecule has 2 saturated heterocycles. The summed E-state index contributed by atoms with van der Waals surface area (Å²) >= 11 is 6.18. The van der Waals surface area contributed by atoms with E-state index in [1.54, 1.807) is 6.07 Å². The predicted molar refractivity (Wildman–Crippen MR) is 81.4 cm³/mol. The number of benzene rings is 1. The molecule has 0 bridgehead atoms. The highest BCUT2D eigenvalue weighted by atomic mass is 35.5. The summed E-state index contributed by atoms with van der Waals surface area (Å²) in [6.07, 6.45) is 2.35. The average molecular weight is 307 g/mol. The quantitative estimate of drug-likeness (QED) is 0.866. The third-order valence-corrected chi connectivity index (χ3v) is 4.98. The Hall–Kier alpha value is -1.55. The molecule has 2 aliphatic rings. The maximum atomic E-state index is 12.6. The third-order valence-electron chi connectivity index (χ3n) is 4.66. The van der Waals surface area contributed by atoms with Gasteiger partial charge in [-0.05, 0) is 42.9 Å². The molecule has 0 unspecified atom stereocenters. The molecule has 21 heavy (non-hydrogen) atoms. The van der Waals surface area contributed by atoms with E-state index in [1.807, 2.05) is 24.0 Å². The molecule has 5 heteroatoms. The van der Waals surface area contributed by atoms with Gasteiger partial charge in [0.05, 0.1) is 10.6 Å². The van der Waals surface area contributed by atoms with E-state index in [1.165, 1.54) is 0 Å². The summed E-state index contributed by atoms with van der Waals surface area (Å²) in [7, 11) is 0. The second-order valence-electron chi connectivity index (χ2n) is 6.23. The lowest BCUT2D eigenvalue weighted by atomic mass is 9.77. The van der Waals surface area contributed by atoms with Crippen molar-refractivity contribution in [2.24, 2.45) is 5.41 Å². The molecule has 0 atom stereocenters. The number of piperidine rings is 1. The van der Waals surface area contributed by atoms with Crippen molar-refractivity contribution in [3.8, 4) is 0 Å². The van der Waals surface area contributed by atoms with Crippen LogP contribution in [0, 0.1) is 12.3 Å². The van der Waals surface area contributed by atoms with Crippen molar-refractivity contribution >= 4 is 23.4 Å². The number of halogens is 1. The molecule has 2 heterocycles. The van der Waals surface area contributed by atoms with E-state index in [4.69, 9.17) is 11.6 Å². The summed E-state index contributed by atoms with van der Waals surface area (Å²) in [4.78, 5) is 25.8. The van der Waals surface area contributed by atoms with Gasteiger partial charge in [0.2, 0.25) is 5.91 Å². The topological polar surface area (TPSA) is 49.4 Å². The molecule has 1 N–H and O–H groups in total. The third kappa shape index (κ3) is 2.77. The second kappa shape index (κ2) is 5.34. The van der Waals surface area contributed by atoms with Crippen molar-refractivity contribution in [3.63, 3.8) is 0 Å². The van der Waals surface area contributed by atoms with Gasteiger partial charge in [0, 0.05) is 26.1 Å². The maximum absolute atomic E-state index is 12.6. The van der Waals surface area contributed by atoms with Gasteiger partial charge in [-0.1, -0.05) is 17.7 Å². The Morgan fingerprint density at radius 3 is 2.62 bits per heavy atom. The summed E-state index contributed by atoms with van der Waals surface area (Å²) in [5, 5.41) is 3.42. The smallest absolute Gasteiger partial charge is 0.255 e. The zero-order valence-electron chi connectivity index (χ0n) is 12.1. The summed E-state index contributed by atoms with van der Waals surface area (Å²) in [5.41, 5.74) is 1.67. The van der Waals surface area contributed by atoms with Crippen LogP contribution in [0.15, 0.2) is 18.2 Å². The molecular formula is C16H19ClN2O2. The number of hydrogen-bond donors (Lipinski definition) is 1. The van der Waals surface area contributed by atoms with Crippen molar-refractivity contribution < 1.29 is 9.59 Å². The highest BCUT2D eigenvalue weighted by Gasteiger charge is 2.41. The van der Waals surface area contributed by atoms with E-state index in [2.05, 4.69) is 5.32 Å². The maximum Gasteiger partial charge on any atom is 0.255 e. The van der Waals surface area contributed by atoms with Gasteiger partial charge >= 0.3 is 0 Å². The van der Waals surface area contributed by atoms with Gasteiger partial charge in [0.1, 0.15) is 0 Å². The van der Waals surface area contributed by atoms with E-state index < -0.39 is 0 Å². The molecule has 3 rings (SSSR count). The van der Waals surface area contributed by atoms with Gasteiger partial charge in [-0.25, -0.2) is 0 Å². The average Bonchev–Trinajstić information content (AvgIpc) is 2.80. The molecule has 1 aromatic rings. The van der Waals surface area contributed by atoms with E-state index in [9.17, 15) is 9.59 Å². The Balaban J connectivity index is 1.69. The Bertz CT molecular complexity index is 592. The fraction of sp³-hybridized carbons (Fsp3) is 0.500. The van der Waals surface area contributed by atoms with Crippen LogP contribution in [0.4, 0.5) is 0 Å². The first kappa shape index (κ1) is 14.4. The Kier molecular flexibility index (Phi) is 3.66. The van der Waals surface area contributed by atoms with E-state index in [0.29, 0.717) is 30.1 Å². The number of amides is 2. The number of nitrogens with zero attached hydrogens (tertiary/aromatic N) is 1. The fourth-order valence-electron chi connectivity index (χ4n) is 3.25. The number of rotatable bonds is 1. The zero-order valence-corrected chi connectivity index (χ0v) is 12.9. The first-order valence-electron chi connectivity index (χ1n) is 7.31. The van der Waals surface area contributed by atoms with Crippen molar-refractivity contribution in [1.29, 1.82) is 0 Å². The molecule has 2 aliphatic heterocycles. The van der Waals surface area contributed by atoms with Crippen LogP contribution < -0.4 is 5.32 Å². The first-order valence-corrected chi connectivity index (χ1v) is 7.69. The van der Waals surface area contributed by atoms with Crippen molar-refractivity contribution in [3.05, 3.63) is 34.3 Å².